The van der Waals surface area contributed by atoms with Gasteiger partial charge < -0.3 is 20.1 Å². The third kappa shape index (κ3) is 5.34. The quantitative estimate of drug-likeness (QED) is 0.842. The van der Waals surface area contributed by atoms with Crippen molar-refractivity contribution in [1.29, 1.82) is 0 Å². The van der Waals surface area contributed by atoms with Gasteiger partial charge in [0.15, 0.2) is 6.61 Å². The molecule has 1 amide bonds. The fraction of sp³-hybridized carbons (Fsp3) is 0.588. The number of ether oxygens (including phenoxy) is 1. The highest BCUT2D eigenvalue weighted by Crippen LogP contribution is 2.27. The van der Waals surface area contributed by atoms with Crippen molar-refractivity contribution in [3.63, 3.8) is 0 Å². The van der Waals surface area contributed by atoms with Gasteiger partial charge in [-0.05, 0) is 37.0 Å². The summed E-state index contributed by atoms with van der Waals surface area (Å²) in [7, 11) is 1.66. The number of nitrogens with zero attached hydrogens (tertiary/aromatic N) is 1. The van der Waals surface area contributed by atoms with Crippen LogP contribution in [0.25, 0.3) is 0 Å². The van der Waals surface area contributed by atoms with Gasteiger partial charge in [-0.15, -0.1) is 0 Å². The SMILES string of the molecule is Cc1cc(CN(C)C(=O)C2CC(O)CN2)cc(C)c1OCC(F)(F)F. The number of carbonyl (C=O) groups excluding carboxylic acids is 1. The second-order valence-electron chi connectivity index (χ2n) is 6.51. The first-order valence-corrected chi connectivity index (χ1v) is 8.03. The third-order valence-electron chi connectivity index (χ3n) is 4.10. The molecule has 1 heterocycles. The minimum Gasteiger partial charge on any atom is -0.484 e. The van der Waals surface area contributed by atoms with Gasteiger partial charge in [0.25, 0.3) is 0 Å². The molecule has 1 aromatic carbocycles. The maximum atomic E-state index is 12.3. The molecule has 0 bridgehead atoms. The van der Waals surface area contributed by atoms with Crippen molar-refractivity contribution in [2.75, 3.05) is 20.2 Å². The summed E-state index contributed by atoms with van der Waals surface area (Å²) >= 11 is 0. The minimum atomic E-state index is -4.39. The lowest BCUT2D eigenvalue weighted by atomic mass is 10.0. The highest BCUT2D eigenvalue weighted by Gasteiger charge is 2.30. The lowest BCUT2D eigenvalue weighted by Gasteiger charge is -2.22. The Hall–Kier alpha value is -1.80. The van der Waals surface area contributed by atoms with Gasteiger partial charge >= 0.3 is 6.18 Å². The molecule has 5 nitrogen and oxygen atoms in total. The highest BCUT2D eigenvalue weighted by molar-refractivity contribution is 5.82. The molecule has 1 aliphatic rings. The summed E-state index contributed by atoms with van der Waals surface area (Å²) < 4.78 is 41.9. The summed E-state index contributed by atoms with van der Waals surface area (Å²) in [6, 6.07) is 3.04. The molecule has 1 saturated heterocycles. The summed E-state index contributed by atoms with van der Waals surface area (Å²) in [5.74, 6) is 0.0971. The molecular formula is C17H23F3N2O3. The first-order valence-electron chi connectivity index (χ1n) is 8.03. The van der Waals surface area contributed by atoms with E-state index in [1.807, 2.05) is 0 Å². The van der Waals surface area contributed by atoms with Crippen molar-refractivity contribution < 1.29 is 27.8 Å². The van der Waals surface area contributed by atoms with Crippen LogP contribution < -0.4 is 10.1 Å². The monoisotopic (exact) mass is 360 g/mol. The zero-order valence-corrected chi connectivity index (χ0v) is 14.5. The molecule has 0 aliphatic carbocycles. The number of halogens is 3. The number of benzene rings is 1. The molecule has 1 fully saturated rings. The number of nitrogens with one attached hydrogen (secondary N) is 1. The van der Waals surface area contributed by atoms with Crippen LogP contribution in [0.5, 0.6) is 5.75 Å². The largest absolute Gasteiger partial charge is 0.484 e. The molecule has 8 heteroatoms. The van der Waals surface area contributed by atoms with Gasteiger partial charge in [0, 0.05) is 20.1 Å². The van der Waals surface area contributed by atoms with Gasteiger partial charge in [-0.2, -0.15) is 13.2 Å². The van der Waals surface area contributed by atoms with E-state index in [2.05, 4.69) is 5.32 Å². The second-order valence-corrected chi connectivity index (χ2v) is 6.51. The number of carbonyl (C=O) groups is 1. The van der Waals surface area contributed by atoms with Crippen LogP contribution in [0.4, 0.5) is 13.2 Å². The predicted octanol–water partition coefficient (Wildman–Crippen LogP) is 1.93. The van der Waals surface area contributed by atoms with Crippen molar-refractivity contribution in [3.05, 3.63) is 28.8 Å². The average Bonchev–Trinajstić information content (AvgIpc) is 2.90. The molecule has 140 valence electrons. The lowest BCUT2D eigenvalue weighted by Crippen LogP contribution is -2.41. The minimum absolute atomic E-state index is 0.121. The third-order valence-corrected chi connectivity index (χ3v) is 4.10. The van der Waals surface area contributed by atoms with Crippen LogP contribution in [0.3, 0.4) is 0 Å². The Morgan fingerprint density at radius 1 is 1.36 bits per heavy atom. The second kappa shape index (κ2) is 7.61. The fourth-order valence-electron chi connectivity index (χ4n) is 3.04. The van der Waals surface area contributed by atoms with E-state index in [0.29, 0.717) is 30.6 Å². The van der Waals surface area contributed by atoms with E-state index in [9.17, 15) is 23.1 Å². The molecule has 2 rings (SSSR count). The molecule has 25 heavy (non-hydrogen) atoms. The normalized spacial score (nSPS) is 20.6. The Morgan fingerprint density at radius 2 is 1.96 bits per heavy atom. The molecule has 0 radical (unpaired) electrons. The molecule has 2 N–H and O–H groups in total. The summed E-state index contributed by atoms with van der Waals surface area (Å²) in [5.41, 5.74) is 1.99. The van der Waals surface area contributed by atoms with E-state index >= 15 is 0 Å². The Balaban J connectivity index is 2.04. The molecule has 2 unspecified atom stereocenters. The van der Waals surface area contributed by atoms with Gasteiger partial charge in [0.1, 0.15) is 5.75 Å². The van der Waals surface area contributed by atoms with Crippen LogP contribution in [0, 0.1) is 13.8 Å². The van der Waals surface area contributed by atoms with Crippen LogP contribution in [-0.4, -0.2) is 54.4 Å². The molecule has 2 atom stereocenters. The van der Waals surface area contributed by atoms with Crippen LogP contribution in [-0.2, 0) is 11.3 Å². The van der Waals surface area contributed by atoms with E-state index in [1.165, 1.54) is 0 Å². The summed E-state index contributed by atoms with van der Waals surface area (Å²) in [5, 5.41) is 12.5. The number of alkyl halides is 3. The molecule has 1 aliphatic heterocycles. The maximum absolute atomic E-state index is 12.3. The number of aliphatic hydroxyl groups is 1. The summed E-state index contributed by atoms with van der Waals surface area (Å²) in [4.78, 5) is 13.9. The van der Waals surface area contributed by atoms with Gasteiger partial charge in [0.2, 0.25) is 5.91 Å². The van der Waals surface area contributed by atoms with Crippen molar-refractivity contribution in [2.24, 2.45) is 0 Å². The Morgan fingerprint density at radius 3 is 2.44 bits per heavy atom. The number of rotatable bonds is 5. The maximum Gasteiger partial charge on any atom is 0.422 e. The van der Waals surface area contributed by atoms with Crippen LogP contribution in [0.15, 0.2) is 12.1 Å². The summed E-state index contributed by atoms with van der Waals surface area (Å²) in [6.07, 6.45) is -4.52. The molecule has 0 aromatic heterocycles. The predicted molar refractivity (Wildman–Crippen MR) is 86.4 cm³/mol. The first-order chi connectivity index (χ1) is 11.6. The molecule has 0 spiro atoms. The summed E-state index contributed by atoms with van der Waals surface area (Å²) in [6.45, 7) is 2.75. The standard InChI is InChI=1S/C17H23F3N2O3/c1-10-4-12(5-11(2)15(10)25-9-17(18,19)20)8-22(3)16(24)14-6-13(23)7-21-14/h4-5,13-14,21,23H,6-9H2,1-3H3. The van der Waals surface area contributed by atoms with E-state index in [1.54, 1.807) is 37.9 Å². The average molecular weight is 360 g/mol. The number of amides is 1. The first kappa shape index (κ1) is 19.5. The fourth-order valence-corrected chi connectivity index (χ4v) is 3.04. The molecular weight excluding hydrogens is 337 g/mol. The van der Waals surface area contributed by atoms with Crippen molar-refractivity contribution >= 4 is 5.91 Å². The Kier molecular flexibility index (Phi) is 5.95. The van der Waals surface area contributed by atoms with Crippen molar-refractivity contribution in [3.8, 4) is 5.75 Å². The van der Waals surface area contributed by atoms with Crippen molar-refractivity contribution in [2.45, 2.75) is 45.1 Å². The topological polar surface area (TPSA) is 61.8 Å². The van der Waals surface area contributed by atoms with Gasteiger partial charge in [-0.3, -0.25) is 4.79 Å². The number of aryl methyl sites for hydroxylation is 2. The smallest absolute Gasteiger partial charge is 0.422 e. The van der Waals surface area contributed by atoms with E-state index in [0.717, 1.165) is 5.56 Å². The zero-order valence-electron chi connectivity index (χ0n) is 14.5. The highest BCUT2D eigenvalue weighted by atomic mass is 19.4. The number of aliphatic hydroxyl groups excluding tert-OH is 1. The lowest BCUT2D eigenvalue weighted by molar-refractivity contribution is -0.153. The van der Waals surface area contributed by atoms with Gasteiger partial charge in [-0.25, -0.2) is 0 Å². The van der Waals surface area contributed by atoms with Crippen molar-refractivity contribution in [1.82, 2.24) is 10.2 Å². The number of β-amino-alcohol motifs (C(OH)–C–C–N with tert-alkyl or cyclic N) is 1. The molecule has 0 saturated carbocycles. The van der Waals surface area contributed by atoms with E-state index in [4.69, 9.17) is 4.74 Å². The Labute approximate surface area is 144 Å². The van der Waals surface area contributed by atoms with Crippen LogP contribution in [0.2, 0.25) is 0 Å². The number of hydrogen-bond acceptors (Lipinski definition) is 4. The number of likely N-dealkylation sites (N-methyl/N-ethyl adjacent to an activating group) is 1. The zero-order chi connectivity index (χ0) is 18.8. The molecule has 1 aromatic rings. The van der Waals surface area contributed by atoms with Crippen LogP contribution in [0.1, 0.15) is 23.1 Å². The van der Waals surface area contributed by atoms with Gasteiger partial charge in [-0.1, -0.05) is 12.1 Å². The van der Waals surface area contributed by atoms with Crippen LogP contribution >= 0.6 is 0 Å². The van der Waals surface area contributed by atoms with E-state index < -0.39 is 24.9 Å². The van der Waals surface area contributed by atoms with Gasteiger partial charge in [0.05, 0.1) is 12.1 Å². The van der Waals surface area contributed by atoms with E-state index in [-0.39, 0.29) is 11.7 Å². The number of hydrogen-bond donors (Lipinski definition) is 2. The Bertz CT molecular complexity index is 611.